The van der Waals surface area contributed by atoms with Crippen LogP contribution in [-0.4, -0.2) is 33.7 Å². The van der Waals surface area contributed by atoms with Gasteiger partial charge in [0.1, 0.15) is 0 Å². The largest absolute Gasteiger partial charge is 0.377 e. The van der Waals surface area contributed by atoms with Crippen LogP contribution in [0.25, 0.3) is 0 Å². The molecule has 114 valence electrons. The summed E-state index contributed by atoms with van der Waals surface area (Å²) < 4.78 is 32.8. The summed E-state index contributed by atoms with van der Waals surface area (Å²) in [6, 6.07) is 1.99. The van der Waals surface area contributed by atoms with Gasteiger partial charge in [-0.05, 0) is 24.3 Å². The molecule has 0 amide bonds. The quantitative estimate of drug-likeness (QED) is 0.803. The van der Waals surface area contributed by atoms with E-state index in [-0.39, 0.29) is 6.10 Å². The lowest BCUT2D eigenvalue weighted by Gasteiger charge is -2.12. The molecule has 0 aliphatic carbocycles. The van der Waals surface area contributed by atoms with Crippen LogP contribution in [0.1, 0.15) is 31.6 Å². The molecule has 1 aromatic heterocycles. The molecule has 20 heavy (non-hydrogen) atoms. The van der Waals surface area contributed by atoms with Crippen molar-refractivity contribution in [3.8, 4) is 0 Å². The maximum atomic E-state index is 12.3. The highest BCUT2D eigenvalue weighted by atomic mass is 32.2. The number of hydrogen-bond acceptors (Lipinski definition) is 5. The smallest absolute Gasteiger partial charge is 0.241 e. The number of sulfonamides is 1. The molecule has 0 bridgehead atoms. The first-order valence-electron chi connectivity index (χ1n) is 6.90. The lowest BCUT2D eigenvalue weighted by atomic mass is 10.2. The highest BCUT2D eigenvalue weighted by Gasteiger charge is 2.23. The molecule has 0 aromatic carbocycles. The van der Waals surface area contributed by atoms with Gasteiger partial charge in [0.25, 0.3) is 0 Å². The fourth-order valence-corrected chi connectivity index (χ4v) is 4.54. The van der Waals surface area contributed by atoms with Crippen molar-refractivity contribution in [2.24, 2.45) is 0 Å². The maximum absolute atomic E-state index is 12.3. The molecular weight excluding hydrogens is 296 g/mol. The molecule has 2 rings (SSSR count). The van der Waals surface area contributed by atoms with E-state index >= 15 is 0 Å². The van der Waals surface area contributed by atoms with E-state index < -0.39 is 10.0 Å². The third-order valence-corrected chi connectivity index (χ3v) is 5.75. The van der Waals surface area contributed by atoms with E-state index in [9.17, 15) is 8.42 Å². The van der Waals surface area contributed by atoms with Crippen molar-refractivity contribution in [3.05, 3.63) is 16.3 Å². The number of thiophene rings is 1. The molecule has 5 nitrogen and oxygen atoms in total. The van der Waals surface area contributed by atoms with E-state index in [1.807, 2.05) is 19.2 Å². The van der Waals surface area contributed by atoms with Gasteiger partial charge in [0.05, 0.1) is 11.0 Å². The van der Waals surface area contributed by atoms with Gasteiger partial charge in [0.15, 0.2) is 0 Å². The lowest BCUT2D eigenvalue weighted by molar-refractivity contribution is 0.114. The molecule has 0 radical (unpaired) electrons. The van der Waals surface area contributed by atoms with E-state index in [1.54, 1.807) is 6.07 Å². The Labute approximate surface area is 124 Å². The Bertz CT molecular complexity index is 519. The molecule has 7 heteroatoms. The standard InChI is InChI=1S/C13H22N2O3S2/c1-10(2)14-9-12-13(5-7-19-12)20(16,17)15-8-11-4-3-6-18-11/h5,7,10-11,14-15H,3-4,6,8-9H2,1-2H3. The first kappa shape index (κ1) is 15.9. The van der Waals surface area contributed by atoms with E-state index in [4.69, 9.17) is 4.74 Å². The highest BCUT2D eigenvalue weighted by molar-refractivity contribution is 7.89. The van der Waals surface area contributed by atoms with Gasteiger partial charge in [-0.1, -0.05) is 13.8 Å². The minimum Gasteiger partial charge on any atom is -0.377 e. The summed E-state index contributed by atoms with van der Waals surface area (Å²) in [6.45, 7) is 5.74. The normalized spacial score (nSPS) is 19.9. The van der Waals surface area contributed by atoms with Gasteiger partial charge in [-0.3, -0.25) is 0 Å². The minimum absolute atomic E-state index is 0.0145. The molecule has 0 saturated carbocycles. The molecule has 1 aromatic rings. The van der Waals surface area contributed by atoms with Crippen LogP contribution in [0.15, 0.2) is 16.3 Å². The van der Waals surface area contributed by atoms with Gasteiger partial charge < -0.3 is 10.1 Å². The summed E-state index contributed by atoms with van der Waals surface area (Å²) >= 11 is 1.46. The van der Waals surface area contributed by atoms with Gasteiger partial charge in [-0.25, -0.2) is 13.1 Å². The van der Waals surface area contributed by atoms with Crippen LogP contribution in [0.4, 0.5) is 0 Å². The van der Waals surface area contributed by atoms with Crippen molar-refractivity contribution < 1.29 is 13.2 Å². The van der Waals surface area contributed by atoms with Crippen LogP contribution < -0.4 is 10.0 Å². The second-order valence-corrected chi connectivity index (χ2v) is 7.97. The number of ether oxygens (including phenoxy) is 1. The van der Waals surface area contributed by atoms with Gasteiger partial charge in [0.2, 0.25) is 10.0 Å². The Kier molecular flexibility index (Phi) is 5.57. The minimum atomic E-state index is -3.44. The predicted molar refractivity (Wildman–Crippen MR) is 80.5 cm³/mol. The first-order valence-corrected chi connectivity index (χ1v) is 9.26. The summed E-state index contributed by atoms with van der Waals surface area (Å²) in [7, 11) is -3.44. The van der Waals surface area contributed by atoms with Gasteiger partial charge in [0, 0.05) is 30.6 Å². The molecule has 0 spiro atoms. The molecule has 1 unspecified atom stereocenters. The fourth-order valence-electron chi connectivity index (χ4n) is 2.08. The summed E-state index contributed by atoms with van der Waals surface area (Å²) in [6.07, 6.45) is 1.95. The Morgan fingerprint density at radius 2 is 2.30 bits per heavy atom. The van der Waals surface area contributed by atoms with Gasteiger partial charge >= 0.3 is 0 Å². The van der Waals surface area contributed by atoms with Crippen molar-refractivity contribution in [2.45, 2.75) is 50.3 Å². The fraction of sp³-hybridized carbons (Fsp3) is 0.692. The van der Waals surface area contributed by atoms with Gasteiger partial charge in [-0.15, -0.1) is 11.3 Å². The number of hydrogen-bond donors (Lipinski definition) is 2. The van der Waals surface area contributed by atoms with Crippen molar-refractivity contribution >= 4 is 21.4 Å². The zero-order valence-electron chi connectivity index (χ0n) is 11.9. The SMILES string of the molecule is CC(C)NCc1sccc1S(=O)(=O)NCC1CCCO1. The Morgan fingerprint density at radius 1 is 1.50 bits per heavy atom. The molecule has 2 N–H and O–H groups in total. The monoisotopic (exact) mass is 318 g/mol. The van der Waals surface area contributed by atoms with Crippen molar-refractivity contribution in [2.75, 3.05) is 13.2 Å². The van der Waals surface area contributed by atoms with Crippen LogP contribution in [0.5, 0.6) is 0 Å². The maximum Gasteiger partial charge on any atom is 0.241 e. The van der Waals surface area contributed by atoms with E-state index in [0.29, 0.717) is 24.0 Å². The third kappa shape index (κ3) is 4.26. The molecule has 1 atom stereocenters. The molecule has 2 heterocycles. The molecule has 1 aliphatic heterocycles. The topological polar surface area (TPSA) is 67.4 Å². The average molecular weight is 318 g/mol. The zero-order valence-corrected chi connectivity index (χ0v) is 13.5. The van der Waals surface area contributed by atoms with Crippen molar-refractivity contribution in [1.29, 1.82) is 0 Å². The molecule has 1 fully saturated rings. The summed E-state index contributed by atoms with van der Waals surface area (Å²) in [5.41, 5.74) is 0. The lowest BCUT2D eigenvalue weighted by Crippen LogP contribution is -2.32. The Hall–Kier alpha value is -0.470. The molecule has 1 saturated heterocycles. The molecule has 1 aliphatic rings. The third-order valence-electron chi connectivity index (χ3n) is 3.19. The number of nitrogens with one attached hydrogen (secondary N) is 2. The van der Waals surface area contributed by atoms with Crippen LogP contribution >= 0.6 is 11.3 Å². The van der Waals surface area contributed by atoms with Gasteiger partial charge in [-0.2, -0.15) is 0 Å². The van der Waals surface area contributed by atoms with Crippen molar-refractivity contribution in [1.82, 2.24) is 10.0 Å². The second kappa shape index (κ2) is 7.00. The van der Waals surface area contributed by atoms with E-state index in [1.165, 1.54) is 11.3 Å². The predicted octanol–water partition coefficient (Wildman–Crippen LogP) is 1.70. The Morgan fingerprint density at radius 3 is 2.95 bits per heavy atom. The Balaban J connectivity index is 1.99. The average Bonchev–Trinajstić information content (AvgIpc) is 3.05. The zero-order chi connectivity index (χ0) is 14.6. The van der Waals surface area contributed by atoms with Crippen LogP contribution in [0.3, 0.4) is 0 Å². The first-order chi connectivity index (χ1) is 9.49. The van der Waals surface area contributed by atoms with Crippen LogP contribution in [0.2, 0.25) is 0 Å². The van der Waals surface area contributed by atoms with Crippen molar-refractivity contribution in [3.63, 3.8) is 0 Å². The molecular formula is C13H22N2O3S2. The van der Waals surface area contributed by atoms with Crippen LogP contribution in [-0.2, 0) is 21.3 Å². The summed E-state index contributed by atoms with van der Waals surface area (Å²) in [4.78, 5) is 1.23. The summed E-state index contributed by atoms with van der Waals surface area (Å²) in [5.74, 6) is 0. The van der Waals surface area contributed by atoms with Crippen LogP contribution in [0, 0.1) is 0 Å². The van der Waals surface area contributed by atoms with E-state index in [0.717, 1.165) is 24.3 Å². The summed E-state index contributed by atoms with van der Waals surface area (Å²) in [5, 5.41) is 5.07. The van der Waals surface area contributed by atoms with E-state index in [2.05, 4.69) is 10.0 Å². The number of rotatable bonds is 7. The second-order valence-electron chi connectivity index (χ2n) is 5.23. The highest BCUT2D eigenvalue weighted by Crippen LogP contribution is 2.22.